The smallest absolute Gasteiger partial charge is 0.242 e. The fourth-order valence-corrected chi connectivity index (χ4v) is 3.22. The van der Waals surface area contributed by atoms with Crippen LogP contribution in [-0.2, 0) is 9.53 Å². The SMILES string of the molecule is CCNC(=NCC1CCCN1CCOC)N(C)CC(=O)N(CC)CC.I. The Labute approximate surface area is 176 Å². The van der Waals surface area contributed by atoms with Gasteiger partial charge in [-0.3, -0.25) is 14.7 Å². The number of carbonyl (C=O) groups excluding carboxylic acids is 1. The summed E-state index contributed by atoms with van der Waals surface area (Å²) in [5.74, 6) is 0.947. The molecule has 0 aliphatic carbocycles. The molecule has 154 valence electrons. The molecule has 0 aromatic carbocycles. The minimum atomic E-state index is 0. The van der Waals surface area contributed by atoms with Gasteiger partial charge in [-0.15, -0.1) is 24.0 Å². The van der Waals surface area contributed by atoms with Gasteiger partial charge in [0.25, 0.3) is 0 Å². The van der Waals surface area contributed by atoms with Crippen LogP contribution in [0.15, 0.2) is 4.99 Å². The molecule has 1 N–H and O–H groups in total. The van der Waals surface area contributed by atoms with Crippen molar-refractivity contribution in [3.8, 4) is 0 Å². The number of rotatable bonds is 10. The standard InChI is InChI=1S/C18H37N5O2.HI/c1-6-19-18(21(4)15-17(24)22(7-2)8-3)20-14-16-10-9-11-23(16)12-13-25-5;/h16H,6-15H2,1-5H3,(H,19,20);1H. The lowest BCUT2D eigenvalue weighted by Crippen LogP contribution is -2.46. The topological polar surface area (TPSA) is 60.4 Å². The molecule has 1 rings (SSSR count). The van der Waals surface area contributed by atoms with Gasteiger partial charge in [-0.25, -0.2) is 0 Å². The number of hydrogen-bond donors (Lipinski definition) is 1. The molecule has 1 atom stereocenters. The number of likely N-dealkylation sites (N-methyl/N-ethyl adjacent to an activating group) is 2. The first-order chi connectivity index (χ1) is 12.1. The lowest BCUT2D eigenvalue weighted by atomic mass is 10.2. The highest BCUT2D eigenvalue weighted by molar-refractivity contribution is 14.0. The van der Waals surface area contributed by atoms with E-state index in [0.717, 1.165) is 51.8 Å². The van der Waals surface area contributed by atoms with E-state index in [0.29, 0.717) is 12.6 Å². The summed E-state index contributed by atoms with van der Waals surface area (Å²) in [5, 5.41) is 3.31. The second kappa shape index (κ2) is 14.4. The Kier molecular flexibility index (Phi) is 14.1. The molecule has 0 radical (unpaired) electrons. The molecule has 1 unspecified atom stereocenters. The summed E-state index contributed by atoms with van der Waals surface area (Å²) < 4.78 is 5.20. The third-order valence-corrected chi connectivity index (χ3v) is 4.72. The zero-order valence-corrected chi connectivity index (χ0v) is 19.5. The van der Waals surface area contributed by atoms with Crippen LogP contribution in [0.3, 0.4) is 0 Å². The van der Waals surface area contributed by atoms with Crippen molar-refractivity contribution >= 4 is 35.8 Å². The highest BCUT2D eigenvalue weighted by Crippen LogP contribution is 2.17. The average Bonchev–Trinajstić information content (AvgIpc) is 3.05. The van der Waals surface area contributed by atoms with Crippen molar-refractivity contribution in [1.82, 2.24) is 20.0 Å². The zero-order valence-electron chi connectivity index (χ0n) is 17.2. The number of hydrogen-bond acceptors (Lipinski definition) is 4. The summed E-state index contributed by atoms with van der Waals surface area (Å²) in [6.07, 6.45) is 2.39. The van der Waals surface area contributed by atoms with Crippen LogP contribution in [-0.4, -0.2) is 99.2 Å². The Morgan fingerprint density at radius 3 is 2.58 bits per heavy atom. The molecule has 0 aromatic rings. The summed E-state index contributed by atoms with van der Waals surface area (Å²) in [4.78, 5) is 23.4. The quantitative estimate of drug-likeness (QED) is 0.290. The van der Waals surface area contributed by atoms with E-state index in [1.54, 1.807) is 7.11 Å². The molecule has 0 spiro atoms. The highest BCUT2D eigenvalue weighted by atomic mass is 127. The van der Waals surface area contributed by atoms with Crippen molar-refractivity contribution in [2.75, 3.05) is 66.6 Å². The molecule has 26 heavy (non-hydrogen) atoms. The number of halogens is 1. The van der Waals surface area contributed by atoms with E-state index in [1.165, 1.54) is 12.8 Å². The maximum absolute atomic E-state index is 12.3. The molecule has 1 heterocycles. The van der Waals surface area contributed by atoms with Gasteiger partial charge in [-0.1, -0.05) is 0 Å². The molecule has 0 bridgehead atoms. The summed E-state index contributed by atoms with van der Waals surface area (Å²) in [5.41, 5.74) is 0. The van der Waals surface area contributed by atoms with Gasteiger partial charge in [0, 0.05) is 46.4 Å². The van der Waals surface area contributed by atoms with Crippen molar-refractivity contribution in [1.29, 1.82) is 0 Å². The largest absolute Gasteiger partial charge is 0.383 e. The van der Waals surface area contributed by atoms with Crippen LogP contribution >= 0.6 is 24.0 Å². The van der Waals surface area contributed by atoms with Gasteiger partial charge in [-0.05, 0) is 40.2 Å². The minimum Gasteiger partial charge on any atom is -0.383 e. The number of nitrogens with one attached hydrogen (secondary N) is 1. The molecular weight excluding hydrogens is 445 g/mol. The van der Waals surface area contributed by atoms with Gasteiger partial charge >= 0.3 is 0 Å². The third-order valence-electron chi connectivity index (χ3n) is 4.72. The van der Waals surface area contributed by atoms with Crippen LogP contribution in [0.25, 0.3) is 0 Å². The van der Waals surface area contributed by atoms with Gasteiger partial charge < -0.3 is 19.9 Å². The van der Waals surface area contributed by atoms with Crippen molar-refractivity contribution < 1.29 is 9.53 Å². The first-order valence-corrected chi connectivity index (χ1v) is 9.57. The van der Waals surface area contributed by atoms with Crippen LogP contribution in [0.4, 0.5) is 0 Å². The van der Waals surface area contributed by atoms with Crippen LogP contribution < -0.4 is 5.32 Å². The predicted octanol–water partition coefficient (Wildman–Crippen LogP) is 1.48. The van der Waals surface area contributed by atoms with E-state index in [1.807, 2.05) is 30.7 Å². The number of aliphatic imine (C=N–C) groups is 1. The fourth-order valence-electron chi connectivity index (χ4n) is 3.22. The maximum atomic E-state index is 12.3. The highest BCUT2D eigenvalue weighted by Gasteiger charge is 2.24. The number of carbonyl (C=O) groups is 1. The van der Waals surface area contributed by atoms with E-state index in [4.69, 9.17) is 9.73 Å². The van der Waals surface area contributed by atoms with E-state index in [2.05, 4.69) is 17.1 Å². The van der Waals surface area contributed by atoms with Crippen molar-refractivity contribution in [2.24, 2.45) is 4.99 Å². The molecule has 0 aromatic heterocycles. The molecule has 1 fully saturated rings. The number of likely N-dealkylation sites (tertiary alicyclic amines) is 1. The second-order valence-electron chi connectivity index (χ2n) is 6.44. The van der Waals surface area contributed by atoms with Crippen molar-refractivity contribution in [3.05, 3.63) is 0 Å². The van der Waals surface area contributed by atoms with E-state index in [-0.39, 0.29) is 29.9 Å². The van der Waals surface area contributed by atoms with Gasteiger partial charge in [0.1, 0.15) is 0 Å². The lowest BCUT2D eigenvalue weighted by molar-refractivity contribution is -0.131. The molecular formula is C18H38IN5O2. The van der Waals surface area contributed by atoms with Crippen LogP contribution in [0.2, 0.25) is 0 Å². The fraction of sp³-hybridized carbons (Fsp3) is 0.889. The molecule has 0 saturated carbocycles. The second-order valence-corrected chi connectivity index (χ2v) is 6.44. The number of amides is 1. The van der Waals surface area contributed by atoms with Crippen LogP contribution in [0.5, 0.6) is 0 Å². The Morgan fingerprint density at radius 1 is 1.31 bits per heavy atom. The average molecular weight is 483 g/mol. The van der Waals surface area contributed by atoms with Gasteiger partial charge in [0.05, 0.1) is 19.7 Å². The third kappa shape index (κ3) is 8.39. The molecule has 7 nitrogen and oxygen atoms in total. The van der Waals surface area contributed by atoms with Crippen molar-refractivity contribution in [3.63, 3.8) is 0 Å². The Hall–Kier alpha value is -0.610. The molecule has 1 aliphatic rings. The van der Waals surface area contributed by atoms with E-state index >= 15 is 0 Å². The number of nitrogens with zero attached hydrogens (tertiary/aromatic N) is 4. The summed E-state index contributed by atoms with van der Waals surface area (Å²) in [6.45, 7) is 12.3. The van der Waals surface area contributed by atoms with Gasteiger partial charge in [0.15, 0.2) is 5.96 Å². The van der Waals surface area contributed by atoms with E-state index < -0.39 is 0 Å². The normalized spacial score (nSPS) is 17.7. The Balaban J connectivity index is 0.00000625. The van der Waals surface area contributed by atoms with Crippen molar-refractivity contribution in [2.45, 2.75) is 39.7 Å². The lowest BCUT2D eigenvalue weighted by Gasteiger charge is -2.27. The minimum absolute atomic E-state index is 0. The molecule has 1 aliphatic heterocycles. The first-order valence-electron chi connectivity index (χ1n) is 9.57. The summed E-state index contributed by atoms with van der Waals surface area (Å²) >= 11 is 0. The summed E-state index contributed by atoms with van der Waals surface area (Å²) in [6, 6.07) is 0.468. The Bertz CT molecular complexity index is 418. The molecule has 8 heteroatoms. The van der Waals surface area contributed by atoms with Gasteiger partial charge in [-0.2, -0.15) is 0 Å². The number of methoxy groups -OCH3 is 1. The van der Waals surface area contributed by atoms with Crippen LogP contribution in [0.1, 0.15) is 33.6 Å². The Morgan fingerprint density at radius 2 is 2.00 bits per heavy atom. The zero-order chi connectivity index (χ0) is 18.7. The van der Waals surface area contributed by atoms with E-state index in [9.17, 15) is 4.79 Å². The monoisotopic (exact) mass is 483 g/mol. The first kappa shape index (κ1) is 25.4. The number of guanidine groups is 1. The number of ether oxygens (including phenoxy) is 1. The van der Waals surface area contributed by atoms with Crippen LogP contribution in [0, 0.1) is 0 Å². The van der Waals surface area contributed by atoms with Gasteiger partial charge in [0.2, 0.25) is 5.91 Å². The molecule has 1 saturated heterocycles. The summed E-state index contributed by atoms with van der Waals surface area (Å²) in [7, 11) is 3.68. The predicted molar refractivity (Wildman–Crippen MR) is 118 cm³/mol. The maximum Gasteiger partial charge on any atom is 0.242 e. The molecule has 1 amide bonds.